The molecule has 1 N–H and O–H groups in total. The van der Waals surface area contributed by atoms with Crippen LogP contribution in [0.5, 0.6) is 0 Å². The molecule has 0 spiro atoms. The zero-order valence-electron chi connectivity index (χ0n) is 10.0. The number of amides is 1. The summed E-state index contributed by atoms with van der Waals surface area (Å²) >= 11 is 0. The second-order valence-corrected chi connectivity index (χ2v) is 4.78. The first-order chi connectivity index (χ1) is 8.06. The smallest absolute Gasteiger partial charge is 0.271 e. The Labute approximate surface area is 101 Å². The number of carbonyl (C=O) groups is 1. The SMILES string of the molecule is CC(C)c1ccc(C(=O)NC2(C#N)CC2)nc1. The van der Waals surface area contributed by atoms with E-state index in [0.29, 0.717) is 11.6 Å². The number of pyridine rings is 1. The van der Waals surface area contributed by atoms with E-state index in [1.165, 1.54) is 0 Å². The maximum absolute atomic E-state index is 11.8. The zero-order chi connectivity index (χ0) is 12.5. The lowest BCUT2D eigenvalue weighted by Crippen LogP contribution is -2.36. The Morgan fingerprint density at radius 2 is 2.24 bits per heavy atom. The second-order valence-electron chi connectivity index (χ2n) is 4.78. The molecule has 0 unspecified atom stereocenters. The fourth-order valence-corrected chi connectivity index (χ4v) is 1.55. The molecule has 1 amide bonds. The van der Waals surface area contributed by atoms with Crippen LogP contribution in [0.2, 0.25) is 0 Å². The molecule has 0 bridgehead atoms. The van der Waals surface area contributed by atoms with Crippen LogP contribution in [-0.4, -0.2) is 16.4 Å². The average Bonchev–Trinajstić information content (AvgIpc) is 3.09. The topological polar surface area (TPSA) is 65.8 Å². The highest BCUT2D eigenvalue weighted by Gasteiger charge is 2.44. The minimum atomic E-state index is -0.629. The number of nitrogens with one attached hydrogen (secondary N) is 1. The summed E-state index contributed by atoms with van der Waals surface area (Å²) in [6.07, 6.45) is 3.18. The van der Waals surface area contributed by atoms with E-state index in [2.05, 4.69) is 30.2 Å². The Hall–Kier alpha value is -1.89. The molecule has 4 nitrogen and oxygen atoms in total. The summed E-state index contributed by atoms with van der Waals surface area (Å²) in [5.74, 6) is 0.132. The van der Waals surface area contributed by atoms with Gasteiger partial charge in [0.1, 0.15) is 11.2 Å². The van der Waals surface area contributed by atoms with Gasteiger partial charge in [0.2, 0.25) is 0 Å². The van der Waals surface area contributed by atoms with Crippen LogP contribution in [0.1, 0.15) is 48.7 Å². The van der Waals surface area contributed by atoms with Crippen molar-refractivity contribution < 1.29 is 4.79 Å². The molecule has 1 aromatic rings. The predicted octanol–water partition coefficient (Wildman–Crippen LogP) is 1.99. The molecule has 1 aliphatic carbocycles. The van der Waals surface area contributed by atoms with Crippen LogP contribution >= 0.6 is 0 Å². The largest absolute Gasteiger partial charge is 0.332 e. The summed E-state index contributed by atoms with van der Waals surface area (Å²) in [4.78, 5) is 15.9. The van der Waals surface area contributed by atoms with Crippen molar-refractivity contribution in [2.24, 2.45) is 0 Å². The van der Waals surface area contributed by atoms with Crippen LogP contribution in [0.15, 0.2) is 18.3 Å². The Kier molecular flexibility index (Phi) is 2.84. The minimum absolute atomic E-state index is 0.264. The fraction of sp³-hybridized carbons (Fsp3) is 0.462. The van der Waals surface area contributed by atoms with Crippen molar-refractivity contribution in [1.82, 2.24) is 10.3 Å². The standard InChI is InChI=1S/C13H15N3O/c1-9(2)10-3-4-11(15-7-10)12(17)16-13(8-14)5-6-13/h3-4,7,9H,5-6H2,1-2H3,(H,16,17). The molecule has 1 heterocycles. The van der Waals surface area contributed by atoms with Crippen LogP contribution in [-0.2, 0) is 0 Å². The Morgan fingerprint density at radius 1 is 1.53 bits per heavy atom. The lowest BCUT2D eigenvalue weighted by atomic mass is 10.1. The van der Waals surface area contributed by atoms with Crippen molar-refractivity contribution in [3.63, 3.8) is 0 Å². The van der Waals surface area contributed by atoms with Gasteiger partial charge in [0, 0.05) is 6.20 Å². The third-order valence-corrected chi connectivity index (χ3v) is 3.00. The van der Waals surface area contributed by atoms with E-state index >= 15 is 0 Å². The van der Waals surface area contributed by atoms with Crippen molar-refractivity contribution in [1.29, 1.82) is 5.26 Å². The maximum atomic E-state index is 11.8. The van der Waals surface area contributed by atoms with Crippen molar-refractivity contribution in [2.45, 2.75) is 38.1 Å². The van der Waals surface area contributed by atoms with Gasteiger partial charge in [-0.2, -0.15) is 5.26 Å². The highest BCUT2D eigenvalue weighted by molar-refractivity contribution is 5.93. The molecule has 0 atom stereocenters. The lowest BCUT2D eigenvalue weighted by molar-refractivity contribution is 0.0936. The highest BCUT2D eigenvalue weighted by Crippen LogP contribution is 2.34. The van der Waals surface area contributed by atoms with Crippen LogP contribution in [0.25, 0.3) is 0 Å². The summed E-state index contributed by atoms with van der Waals surface area (Å²) in [5.41, 5.74) is 0.842. The summed E-state index contributed by atoms with van der Waals surface area (Å²) < 4.78 is 0. The first-order valence-corrected chi connectivity index (χ1v) is 5.76. The summed E-state index contributed by atoms with van der Waals surface area (Å²) in [6.45, 7) is 4.15. The quantitative estimate of drug-likeness (QED) is 0.862. The molecule has 1 fully saturated rings. The first kappa shape index (κ1) is 11.6. The van der Waals surface area contributed by atoms with Gasteiger partial charge in [-0.3, -0.25) is 9.78 Å². The molecule has 1 saturated carbocycles. The maximum Gasteiger partial charge on any atom is 0.271 e. The van der Waals surface area contributed by atoms with Gasteiger partial charge in [-0.25, -0.2) is 0 Å². The zero-order valence-corrected chi connectivity index (χ0v) is 10.0. The average molecular weight is 229 g/mol. The van der Waals surface area contributed by atoms with Gasteiger partial charge < -0.3 is 5.32 Å². The molecule has 0 saturated heterocycles. The first-order valence-electron chi connectivity index (χ1n) is 5.76. The number of hydrogen-bond donors (Lipinski definition) is 1. The molecule has 88 valence electrons. The molecule has 17 heavy (non-hydrogen) atoms. The van der Waals surface area contributed by atoms with E-state index in [1.807, 2.05) is 6.07 Å². The number of rotatable bonds is 3. The molecule has 1 aromatic heterocycles. The summed E-state index contributed by atoms with van der Waals surface area (Å²) in [5, 5.41) is 11.6. The van der Waals surface area contributed by atoms with E-state index in [-0.39, 0.29) is 5.91 Å². The molecular weight excluding hydrogens is 214 g/mol. The molecule has 0 aromatic carbocycles. The van der Waals surface area contributed by atoms with Gasteiger partial charge in [-0.1, -0.05) is 19.9 Å². The van der Waals surface area contributed by atoms with Crippen molar-refractivity contribution in [2.75, 3.05) is 0 Å². The van der Waals surface area contributed by atoms with Crippen LogP contribution in [0, 0.1) is 11.3 Å². The highest BCUT2D eigenvalue weighted by atomic mass is 16.2. The number of aromatic nitrogens is 1. The van der Waals surface area contributed by atoms with Crippen molar-refractivity contribution >= 4 is 5.91 Å². The Balaban J connectivity index is 2.08. The molecule has 0 radical (unpaired) electrons. The fourth-order valence-electron chi connectivity index (χ4n) is 1.55. The van der Waals surface area contributed by atoms with Gasteiger partial charge in [-0.05, 0) is 30.4 Å². The van der Waals surface area contributed by atoms with Crippen molar-refractivity contribution in [3.05, 3.63) is 29.6 Å². The number of hydrogen-bond acceptors (Lipinski definition) is 3. The Bertz CT molecular complexity index is 466. The van der Waals surface area contributed by atoms with Crippen LogP contribution in [0.4, 0.5) is 0 Å². The van der Waals surface area contributed by atoms with Gasteiger partial charge in [0.15, 0.2) is 0 Å². The lowest BCUT2D eigenvalue weighted by Gasteiger charge is -2.09. The van der Waals surface area contributed by atoms with E-state index in [0.717, 1.165) is 18.4 Å². The third-order valence-electron chi connectivity index (χ3n) is 3.00. The molecular formula is C13H15N3O. The molecule has 1 aliphatic rings. The van der Waals surface area contributed by atoms with E-state index in [1.54, 1.807) is 12.3 Å². The molecule has 2 rings (SSSR count). The molecule has 0 aliphatic heterocycles. The van der Waals surface area contributed by atoms with Crippen molar-refractivity contribution in [3.8, 4) is 6.07 Å². The number of carbonyl (C=O) groups excluding carboxylic acids is 1. The minimum Gasteiger partial charge on any atom is -0.332 e. The van der Waals surface area contributed by atoms with Gasteiger partial charge in [0.05, 0.1) is 6.07 Å². The van der Waals surface area contributed by atoms with Crippen LogP contribution < -0.4 is 5.32 Å². The Morgan fingerprint density at radius 3 is 2.65 bits per heavy atom. The molecule has 4 heteroatoms. The number of nitrogens with zero attached hydrogens (tertiary/aromatic N) is 2. The van der Waals surface area contributed by atoms with E-state index in [4.69, 9.17) is 5.26 Å². The number of nitriles is 1. The monoisotopic (exact) mass is 229 g/mol. The van der Waals surface area contributed by atoms with E-state index in [9.17, 15) is 4.79 Å². The van der Waals surface area contributed by atoms with E-state index < -0.39 is 5.54 Å². The second kappa shape index (κ2) is 4.17. The predicted molar refractivity (Wildman–Crippen MR) is 63.4 cm³/mol. The third kappa shape index (κ3) is 2.44. The van der Waals surface area contributed by atoms with Crippen LogP contribution in [0.3, 0.4) is 0 Å². The summed E-state index contributed by atoms with van der Waals surface area (Å²) in [7, 11) is 0. The van der Waals surface area contributed by atoms with Gasteiger partial charge >= 0.3 is 0 Å². The summed E-state index contributed by atoms with van der Waals surface area (Å²) in [6, 6.07) is 5.73. The van der Waals surface area contributed by atoms with Gasteiger partial charge in [0.25, 0.3) is 5.91 Å². The normalized spacial score (nSPS) is 16.4. The van der Waals surface area contributed by atoms with Gasteiger partial charge in [-0.15, -0.1) is 0 Å².